The van der Waals surface area contributed by atoms with E-state index in [1.807, 2.05) is 18.2 Å². The van der Waals surface area contributed by atoms with Gasteiger partial charge in [0, 0.05) is 19.3 Å². The normalized spacial score (nSPS) is 14.9. The summed E-state index contributed by atoms with van der Waals surface area (Å²) in [5.74, 6) is -1.71. The Hall–Kier alpha value is -5.61. The van der Waals surface area contributed by atoms with Gasteiger partial charge in [0.25, 0.3) is 0 Å². The molecule has 0 aliphatic rings. The van der Waals surface area contributed by atoms with Gasteiger partial charge in [0.05, 0.1) is 26.4 Å². The van der Waals surface area contributed by atoms with Crippen molar-refractivity contribution in [3.05, 3.63) is 194 Å². The molecule has 0 aromatic rings. The number of esters is 3. The monoisotopic (exact) mass is 1530 g/mol. The Morgan fingerprint density at radius 2 is 0.486 bits per heavy atom. The first kappa shape index (κ1) is 101. The van der Waals surface area contributed by atoms with Crippen LogP contribution < -0.4 is 0 Å². The molecule has 0 aromatic heterocycles. The quantitative estimate of drug-likeness (QED) is 0.0146. The molecule has 0 saturated heterocycles. The lowest BCUT2D eigenvalue weighted by Crippen LogP contribution is -2.29. The van der Waals surface area contributed by atoms with Crippen molar-refractivity contribution in [3.63, 3.8) is 0 Å². The highest BCUT2D eigenvalue weighted by molar-refractivity contribution is 7.47. The van der Waals surface area contributed by atoms with Crippen molar-refractivity contribution in [1.29, 1.82) is 0 Å². The maximum absolute atomic E-state index is 13.0. The fourth-order valence-electron chi connectivity index (χ4n) is 10.2. The van der Waals surface area contributed by atoms with Gasteiger partial charge in [-0.25, -0.2) is 9.13 Å². The Balaban J connectivity index is 4.63. The van der Waals surface area contributed by atoms with Crippen LogP contribution in [0.25, 0.3) is 0 Å². The van der Waals surface area contributed by atoms with E-state index < -0.39 is 91.5 Å². The highest BCUT2D eigenvalue weighted by atomic mass is 31.2. The Bertz CT molecular complexity index is 2720. The van der Waals surface area contributed by atoms with Gasteiger partial charge in [-0.2, -0.15) is 0 Å². The molecule has 4 N–H and O–H groups in total. The van der Waals surface area contributed by atoms with Crippen LogP contribution in [0.5, 0.6) is 0 Å². The molecule has 0 spiro atoms. The van der Waals surface area contributed by atoms with Crippen LogP contribution in [0, 0.1) is 0 Å². The number of carbonyl (C=O) groups is 3. The molecule has 0 bridgehead atoms. The molecule has 606 valence electrons. The van der Waals surface area contributed by atoms with Gasteiger partial charge in [0.15, 0.2) is 6.10 Å². The SMILES string of the molecule is CC/C=C\C/C=C\C/C=C\C/C=C\C/C=C\C/C=C\CCC(=O)OC(COC(=O)CCCCCCC/C=C\C/C=C\C/C=C\C/C=C\C/C=C\CC)COP(=O)(O)OCC(O)COP(=O)(O)OCC(O)COC(=O)CCCCCCCCCCCCCCCCC/C=C\C/C=C\C/C=C\C/C=C\C/C=C\CC. The Kier molecular flexibility index (Phi) is 75.7. The highest BCUT2D eigenvalue weighted by Crippen LogP contribution is 2.45. The summed E-state index contributed by atoms with van der Waals surface area (Å²) < 4.78 is 61.1. The zero-order valence-corrected chi connectivity index (χ0v) is 68.0. The number of hydrogen-bond acceptors (Lipinski definition) is 14. The molecule has 0 saturated carbocycles. The van der Waals surface area contributed by atoms with Gasteiger partial charge in [-0.15, -0.1) is 0 Å². The molecule has 107 heavy (non-hydrogen) atoms. The fourth-order valence-corrected chi connectivity index (χ4v) is 11.8. The molecule has 16 nitrogen and oxygen atoms in total. The summed E-state index contributed by atoms with van der Waals surface area (Å²) >= 11 is 0. The van der Waals surface area contributed by atoms with E-state index in [1.54, 1.807) is 0 Å². The van der Waals surface area contributed by atoms with Gasteiger partial charge < -0.3 is 34.2 Å². The van der Waals surface area contributed by atoms with Crippen molar-refractivity contribution in [1.82, 2.24) is 0 Å². The van der Waals surface area contributed by atoms with E-state index in [1.165, 1.54) is 77.0 Å². The second kappa shape index (κ2) is 79.9. The second-order valence-corrected chi connectivity index (χ2v) is 29.3. The number of rotatable bonds is 75. The van der Waals surface area contributed by atoms with Crippen LogP contribution in [-0.2, 0) is 55.8 Å². The number of allylic oxidation sites excluding steroid dienone is 32. The summed E-state index contributed by atoms with van der Waals surface area (Å²) in [7, 11) is -9.84. The van der Waals surface area contributed by atoms with Crippen LogP contribution in [-0.4, -0.2) is 95.9 Å². The van der Waals surface area contributed by atoms with Gasteiger partial charge in [0.2, 0.25) is 0 Å². The first-order chi connectivity index (χ1) is 52.2. The minimum Gasteiger partial charge on any atom is -0.463 e. The van der Waals surface area contributed by atoms with Crippen LogP contribution in [0.15, 0.2) is 194 Å². The van der Waals surface area contributed by atoms with E-state index in [9.17, 15) is 43.5 Å². The lowest BCUT2D eigenvalue weighted by atomic mass is 10.0. The van der Waals surface area contributed by atoms with Crippen LogP contribution in [0.3, 0.4) is 0 Å². The Morgan fingerprint density at radius 1 is 0.262 bits per heavy atom. The van der Waals surface area contributed by atoms with Crippen LogP contribution >= 0.6 is 15.6 Å². The summed E-state index contributed by atoms with van der Waals surface area (Å²) in [6.45, 7) is 2.21. The van der Waals surface area contributed by atoms with Gasteiger partial charge >= 0.3 is 33.6 Å². The van der Waals surface area contributed by atoms with E-state index in [2.05, 4.69) is 197 Å². The third-order valence-corrected chi connectivity index (χ3v) is 18.2. The van der Waals surface area contributed by atoms with Crippen molar-refractivity contribution in [3.8, 4) is 0 Å². The number of unbranched alkanes of at least 4 members (excludes halogenated alkanes) is 20. The first-order valence-corrected chi connectivity index (χ1v) is 43.7. The van der Waals surface area contributed by atoms with E-state index in [-0.39, 0.29) is 19.3 Å². The van der Waals surface area contributed by atoms with Crippen molar-refractivity contribution in [2.45, 2.75) is 309 Å². The second-order valence-electron chi connectivity index (χ2n) is 26.4. The number of phosphoric acid groups is 2. The van der Waals surface area contributed by atoms with Crippen LogP contribution in [0.4, 0.5) is 0 Å². The predicted octanol–water partition coefficient (Wildman–Crippen LogP) is 24.3. The average Bonchev–Trinajstić information content (AvgIpc) is 0.907. The third kappa shape index (κ3) is 81.2. The van der Waals surface area contributed by atoms with Gasteiger partial charge in [-0.1, -0.05) is 318 Å². The lowest BCUT2D eigenvalue weighted by Gasteiger charge is -2.21. The minimum absolute atomic E-state index is 0.0327. The molecular weight excluding hydrogens is 1390 g/mol. The third-order valence-electron chi connectivity index (χ3n) is 16.3. The van der Waals surface area contributed by atoms with Crippen molar-refractivity contribution in [2.24, 2.45) is 0 Å². The molecular formula is C89H144O16P2. The molecule has 0 fully saturated rings. The number of phosphoric ester groups is 2. The lowest BCUT2D eigenvalue weighted by molar-refractivity contribution is -0.161. The van der Waals surface area contributed by atoms with E-state index in [0.717, 1.165) is 148 Å². The predicted molar refractivity (Wildman–Crippen MR) is 444 cm³/mol. The van der Waals surface area contributed by atoms with Crippen LogP contribution in [0.1, 0.15) is 290 Å². The van der Waals surface area contributed by atoms with E-state index in [4.69, 9.17) is 32.3 Å². The summed E-state index contributed by atoms with van der Waals surface area (Å²) in [4.78, 5) is 58.7. The van der Waals surface area contributed by atoms with Gasteiger partial charge in [-0.3, -0.25) is 32.5 Å². The molecule has 18 heteroatoms. The molecule has 0 aliphatic carbocycles. The summed E-state index contributed by atoms with van der Waals surface area (Å²) in [6, 6.07) is 0. The Labute approximate surface area is 648 Å². The topological polar surface area (TPSA) is 231 Å². The summed E-state index contributed by atoms with van der Waals surface area (Å²) in [5, 5.41) is 20.7. The van der Waals surface area contributed by atoms with Gasteiger partial charge in [0.1, 0.15) is 25.4 Å². The molecule has 0 radical (unpaired) electrons. The number of ether oxygens (including phenoxy) is 3. The highest BCUT2D eigenvalue weighted by Gasteiger charge is 2.29. The maximum atomic E-state index is 13.0. The van der Waals surface area contributed by atoms with Crippen LogP contribution in [0.2, 0.25) is 0 Å². The van der Waals surface area contributed by atoms with E-state index >= 15 is 0 Å². The largest absolute Gasteiger partial charge is 0.472 e. The number of hydrogen-bond donors (Lipinski definition) is 4. The molecule has 0 rings (SSSR count). The molecule has 5 atom stereocenters. The first-order valence-electron chi connectivity index (χ1n) is 40.7. The zero-order valence-electron chi connectivity index (χ0n) is 66.2. The molecule has 0 amide bonds. The van der Waals surface area contributed by atoms with Crippen molar-refractivity contribution in [2.75, 3.05) is 39.6 Å². The maximum Gasteiger partial charge on any atom is 0.472 e. The number of carbonyl (C=O) groups excluding carboxylic acids is 3. The summed E-state index contributed by atoms with van der Waals surface area (Å²) in [5.41, 5.74) is 0. The zero-order chi connectivity index (χ0) is 78.0. The Morgan fingerprint density at radius 3 is 0.776 bits per heavy atom. The van der Waals surface area contributed by atoms with Gasteiger partial charge in [-0.05, 0) is 148 Å². The summed E-state index contributed by atoms with van der Waals surface area (Å²) in [6.07, 6.45) is 105. The minimum atomic E-state index is -4.97. The van der Waals surface area contributed by atoms with Crippen molar-refractivity contribution < 1.29 is 75.8 Å². The smallest absolute Gasteiger partial charge is 0.463 e. The molecule has 0 heterocycles. The average molecular weight is 1530 g/mol. The van der Waals surface area contributed by atoms with E-state index in [0.29, 0.717) is 25.7 Å². The van der Waals surface area contributed by atoms with Crippen molar-refractivity contribution >= 4 is 33.6 Å². The molecule has 0 aromatic carbocycles. The fraction of sp³-hybridized carbons (Fsp3) is 0.607. The molecule has 0 aliphatic heterocycles. The number of aliphatic hydroxyl groups excluding tert-OH is 2. The molecule has 5 unspecified atom stereocenters. The standard InChI is InChI=1S/C89H144O16P2/c1-4-7-10-13-16-19-22-25-28-31-34-36-37-38-39-40-41-42-43-44-45-47-50-51-54-57-60-63-66-69-72-75-87(92)99-78-84(90)79-101-106(95,96)102-80-85(91)81-103-107(97,98)104-83-86(105-89(94)77-74-71-68-65-62-59-56-53-48-33-30-27-24-21-18-15-12-9-6-3)82-100-88(93)76-73-70-67-64-61-58-55-52-49-46-35-32-29-26-23-20-17-14-11-8-5-2/h7-12,16-21,25-30,34-36,38-39,46,48,52-53,55,59,62,68,71,84-86,90-91H,4-6,13-15,22-24,31-33,37,40-45,47,49-51,54,56-58,60-61,63-67,69-70,72-83H2,1-3H3,(H,95,96)(H,97,98)/b10-7-,11-8-,12-9-,19-16-,20-17-,21-18-,28-25-,29-26-,30-27-,36-34-,39-38-,46-35-,53-48-,55-52-,62-59-,71-68-. The number of aliphatic hydroxyl groups is 2.